The highest BCUT2D eigenvalue weighted by Crippen LogP contribution is 2.32. The first kappa shape index (κ1) is 14.5. The van der Waals surface area contributed by atoms with E-state index in [9.17, 15) is 9.59 Å². The molecule has 21 heavy (non-hydrogen) atoms. The van der Waals surface area contributed by atoms with Gasteiger partial charge < -0.3 is 14.5 Å². The SMILES string of the molecule is Cc1nc([C@H]2CCCN2C(=O)CN2CCOCC2=O)cs1. The zero-order valence-electron chi connectivity index (χ0n) is 12.1. The van der Waals surface area contributed by atoms with Crippen molar-refractivity contribution in [1.29, 1.82) is 0 Å². The van der Waals surface area contributed by atoms with Crippen LogP contribution < -0.4 is 0 Å². The lowest BCUT2D eigenvalue weighted by atomic mass is 10.1. The molecular formula is C14H19N3O3S. The molecule has 0 aliphatic carbocycles. The first-order valence-corrected chi connectivity index (χ1v) is 8.10. The van der Waals surface area contributed by atoms with E-state index in [0.717, 1.165) is 30.1 Å². The smallest absolute Gasteiger partial charge is 0.249 e. The topological polar surface area (TPSA) is 62.7 Å². The maximum Gasteiger partial charge on any atom is 0.249 e. The van der Waals surface area contributed by atoms with Crippen molar-refractivity contribution >= 4 is 23.2 Å². The quantitative estimate of drug-likeness (QED) is 0.835. The molecule has 1 atom stereocenters. The number of aryl methyl sites for hydroxylation is 1. The fraction of sp³-hybridized carbons (Fsp3) is 0.643. The van der Waals surface area contributed by atoms with Crippen LogP contribution in [0.1, 0.15) is 29.6 Å². The summed E-state index contributed by atoms with van der Waals surface area (Å²) in [7, 11) is 0. The van der Waals surface area contributed by atoms with Crippen LogP contribution in [0, 0.1) is 6.92 Å². The molecule has 0 unspecified atom stereocenters. The average molecular weight is 309 g/mol. The summed E-state index contributed by atoms with van der Waals surface area (Å²) < 4.78 is 5.09. The molecule has 0 saturated carbocycles. The van der Waals surface area contributed by atoms with Gasteiger partial charge in [0.05, 0.1) is 29.9 Å². The summed E-state index contributed by atoms with van der Waals surface area (Å²) >= 11 is 1.61. The van der Waals surface area contributed by atoms with Crippen molar-refractivity contribution in [2.45, 2.75) is 25.8 Å². The van der Waals surface area contributed by atoms with E-state index in [1.807, 2.05) is 17.2 Å². The van der Waals surface area contributed by atoms with Crippen molar-refractivity contribution in [1.82, 2.24) is 14.8 Å². The Morgan fingerprint density at radius 3 is 3.10 bits per heavy atom. The van der Waals surface area contributed by atoms with Gasteiger partial charge in [-0.15, -0.1) is 11.3 Å². The van der Waals surface area contributed by atoms with Gasteiger partial charge in [0, 0.05) is 18.5 Å². The molecule has 2 saturated heterocycles. The van der Waals surface area contributed by atoms with Crippen LogP contribution in [0.3, 0.4) is 0 Å². The molecule has 1 aromatic rings. The highest BCUT2D eigenvalue weighted by Gasteiger charge is 2.33. The van der Waals surface area contributed by atoms with Crippen molar-refractivity contribution in [3.05, 3.63) is 16.1 Å². The Balaban J connectivity index is 1.67. The number of hydrogen-bond acceptors (Lipinski definition) is 5. The number of thiazole rings is 1. The van der Waals surface area contributed by atoms with Gasteiger partial charge in [-0.3, -0.25) is 9.59 Å². The number of likely N-dealkylation sites (tertiary alicyclic amines) is 1. The zero-order valence-corrected chi connectivity index (χ0v) is 12.9. The molecule has 6 nitrogen and oxygen atoms in total. The van der Waals surface area contributed by atoms with Gasteiger partial charge in [0.15, 0.2) is 0 Å². The highest BCUT2D eigenvalue weighted by atomic mass is 32.1. The lowest BCUT2D eigenvalue weighted by Crippen LogP contribution is -2.47. The Hall–Kier alpha value is -1.47. The molecule has 2 fully saturated rings. The maximum atomic E-state index is 12.5. The Kier molecular flexibility index (Phi) is 4.21. The first-order valence-electron chi connectivity index (χ1n) is 7.22. The molecule has 2 amide bonds. The Labute approximate surface area is 127 Å². The predicted molar refractivity (Wildman–Crippen MR) is 77.9 cm³/mol. The van der Waals surface area contributed by atoms with Crippen LogP contribution in [-0.2, 0) is 14.3 Å². The van der Waals surface area contributed by atoms with Gasteiger partial charge in [-0.2, -0.15) is 0 Å². The monoisotopic (exact) mass is 309 g/mol. The molecule has 1 aromatic heterocycles. The van der Waals surface area contributed by atoms with E-state index in [-0.39, 0.29) is 31.0 Å². The number of amides is 2. The van der Waals surface area contributed by atoms with Crippen LogP contribution in [0.2, 0.25) is 0 Å². The van der Waals surface area contributed by atoms with Crippen LogP contribution in [0.25, 0.3) is 0 Å². The van der Waals surface area contributed by atoms with E-state index in [4.69, 9.17) is 4.74 Å². The van der Waals surface area contributed by atoms with E-state index in [2.05, 4.69) is 4.98 Å². The van der Waals surface area contributed by atoms with Gasteiger partial charge >= 0.3 is 0 Å². The van der Waals surface area contributed by atoms with Crippen LogP contribution in [0.15, 0.2) is 5.38 Å². The second-order valence-corrected chi connectivity index (χ2v) is 6.47. The van der Waals surface area contributed by atoms with E-state index in [0.29, 0.717) is 13.2 Å². The van der Waals surface area contributed by atoms with Crippen LogP contribution in [-0.4, -0.2) is 59.4 Å². The lowest BCUT2D eigenvalue weighted by molar-refractivity contribution is -0.148. The van der Waals surface area contributed by atoms with Gasteiger partial charge in [0.2, 0.25) is 11.8 Å². The van der Waals surface area contributed by atoms with Gasteiger partial charge in [0.25, 0.3) is 0 Å². The highest BCUT2D eigenvalue weighted by molar-refractivity contribution is 7.09. The minimum Gasteiger partial charge on any atom is -0.370 e. The van der Waals surface area contributed by atoms with E-state index in [1.165, 1.54) is 0 Å². The largest absolute Gasteiger partial charge is 0.370 e. The van der Waals surface area contributed by atoms with Crippen molar-refractivity contribution in [3.63, 3.8) is 0 Å². The Morgan fingerprint density at radius 1 is 1.52 bits per heavy atom. The third-order valence-corrected chi connectivity index (χ3v) is 4.75. The van der Waals surface area contributed by atoms with Crippen LogP contribution in [0.5, 0.6) is 0 Å². The summed E-state index contributed by atoms with van der Waals surface area (Å²) in [6, 6.07) is 0.0681. The maximum absolute atomic E-state index is 12.5. The van der Waals surface area contributed by atoms with Crippen molar-refractivity contribution in [2.24, 2.45) is 0 Å². The molecule has 0 N–H and O–H groups in total. The number of carbonyl (C=O) groups is 2. The first-order chi connectivity index (χ1) is 10.1. The Morgan fingerprint density at radius 2 is 2.38 bits per heavy atom. The molecule has 0 bridgehead atoms. The molecule has 0 spiro atoms. The molecule has 3 rings (SSSR count). The molecular weight excluding hydrogens is 290 g/mol. The predicted octanol–water partition coefficient (Wildman–Crippen LogP) is 0.974. The summed E-state index contributed by atoms with van der Waals surface area (Å²) in [4.78, 5) is 32.2. The average Bonchev–Trinajstić information content (AvgIpc) is 3.09. The molecule has 2 aliphatic heterocycles. The minimum atomic E-state index is -0.102. The zero-order chi connectivity index (χ0) is 14.8. The summed E-state index contributed by atoms with van der Waals surface area (Å²) in [6.45, 7) is 3.97. The second kappa shape index (κ2) is 6.11. The summed E-state index contributed by atoms with van der Waals surface area (Å²) in [6.07, 6.45) is 1.94. The number of morpholine rings is 1. The number of rotatable bonds is 3. The normalized spacial score (nSPS) is 22.9. The van der Waals surface area contributed by atoms with Gasteiger partial charge in [-0.1, -0.05) is 0 Å². The van der Waals surface area contributed by atoms with Gasteiger partial charge in [-0.25, -0.2) is 4.98 Å². The number of nitrogens with zero attached hydrogens (tertiary/aromatic N) is 3. The Bertz CT molecular complexity index is 545. The standard InChI is InChI=1S/C14H19N3O3S/c1-10-15-11(9-21-10)12-3-2-4-17(12)13(18)7-16-5-6-20-8-14(16)19/h9,12H,2-8H2,1H3/t12-/m1/s1. The molecule has 3 heterocycles. The third kappa shape index (κ3) is 3.08. The van der Waals surface area contributed by atoms with Gasteiger partial charge in [-0.05, 0) is 19.8 Å². The minimum absolute atomic E-state index is 0.0124. The van der Waals surface area contributed by atoms with E-state index >= 15 is 0 Å². The van der Waals surface area contributed by atoms with E-state index in [1.54, 1.807) is 16.2 Å². The molecule has 114 valence electrons. The number of ether oxygens (including phenoxy) is 1. The van der Waals surface area contributed by atoms with E-state index < -0.39 is 0 Å². The number of hydrogen-bond donors (Lipinski definition) is 0. The molecule has 2 aliphatic rings. The molecule has 0 radical (unpaired) electrons. The lowest BCUT2D eigenvalue weighted by Gasteiger charge is -2.30. The van der Waals surface area contributed by atoms with Crippen LogP contribution in [0.4, 0.5) is 0 Å². The summed E-state index contributed by atoms with van der Waals surface area (Å²) in [5.74, 6) is -0.0896. The van der Waals surface area contributed by atoms with Crippen molar-refractivity contribution in [3.8, 4) is 0 Å². The third-order valence-electron chi connectivity index (χ3n) is 3.96. The molecule has 0 aromatic carbocycles. The van der Waals surface area contributed by atoms with Gasteiger partial charge in [0.1, 0.15) is 6.61 Å². The molecule has 7 heteroatoms. The number of carbonyl (C=O) groups excluding carboxylic acids is 2. The fourth-order valence-corrected chi connectivity index (χ4v) is 3.54. The van der Waals surface area contributed by atoms with Crippen molar-refractivity contribution < 1.29 is 14.3 Å². The van der Waals surface area contributed by atoms with Crippen LogP contribution >= 0.6 is 11.3 Å². The fourth-order valence-electron chi connectivity index (χ4n) is 2.88. The summed E-state index contributed by atoms with van der Waals surface area (Å²) in [5, 5.41) is 3.05. The summed E-state index contributed by atoms with van der Waals surface area (Å²) in [5.41, 5.74) is 0.983. The van der Waals surface area contributed by atoms with Crippen molar-refractivity contribution in [2.75, 3.05) is 32.8 Å². The second-order valence-electron chi connectivity index (χ2n) is 5.40. The number of aromatic nitrogens is 1.